The van der Waals surface area contributed by atoms with Gasteiger partial charge in [0.1, 0.15) is 18.3 Å². The summed E-state index contributed by atoms with van der Waals surface area (Å²) in [5.41, 5.74) is 1.92. The largest absolute Gasteiger partial charge is 0.497 e. The number of benzene rings is 3. The van der Waals surface area contributed by atoms with E-state index in [-0.39, 0.29) is 17.3 Å². The number of nitrogens with zero attached hydrogens (tertiary/aromatic N) is 2. The number of likely N-dealkylation sites (N-methyl/N-ethyl adjacent to an activating group) is 1. The fourth-order valence-electron chi connectivity index (χ4n) is 3.76. The number of aryl methyl sites for hydroxylation is 1. The van der Waals surface area contributed by atoms with E-state index in [1.807, 2.05) is 13.0 Å². The summed E-state index contributed by atoms with van der Waals surface area (Å²) >= 11 is 5.96. The monoisotopic (exact) mass is 543 g/mol. The van der Waals surface area contributed by atoms with E-state index in [9.17, 15) is 18.0 Å². The maximum Gasteiger partial charge on any atom is 0.264 e. The molecule has 0 spiro atoms. The molecular weight excluding hydrogens is 514 g/mol. The topological polar surface area (TPSA) is 96.0 Å². The lowest BCUT2D eigenvalue weighted by molar-refractivity contribution is -0.139. The molecule has 0 aromatic heterocycles. The Bertz CT molecular complexity index is 1350. The van der Waals surface area contributed by atoms with Gasteiger partial charge in [-0.3, -0.25) is 13.9 Å². The summed E-state index contributed by atoms with van der Waals surface area (Å²) in [5.74, 6) is -0.254. The molecule has 3 aromatic carbocycles. The number of halogens is 1. The third-order valence-electron chi connectivity index (χ3n) is 5.90. The fourth-order valence-corrected chi connectivity index (χ4v) is 5.30. The number of hydrogen-bond acceptors (Lipinski definition) is 5. The number of carbonyl (C=O) groups excluding carboxylic acids is 2. The van der Waals surface area contributed by atoms with Crippen molar-refractivity contribution in [2.45, 2.75) is 31.3 Å². The zero-order valence-electron chi connectivity index (χ0n) is 21.1. The van der Waals surface area contributed by atoms with Crippen LogP contribution in [0.3, 0.4) is 0 Å². The summed E-state index contributed by atoms with van der Waals surface area (Å²) in [6.45, 7) is 3.03. The molecule has 8 nitrogen and oxygen atoms in total. The van der Waals surface area contributed by atoms with Gasteiger partial charge in [0.05, 0.1) is 17.7 Å². The molecule has 37 heavy (non-hydrogen) atoms. The second-order valence-electron chi connectivity index (χ2n) is 8.46. The number of anilines is 1. The highest BCUT2D eigenvalue weighted by Gasteiger charge is 2.32. The van der Waals surface area contributed by atoms with Crippen LogP contribution in [0, 0.1) is 6.92 Å². The Hall–Kier alpha value is -3.56. The third-order valence-corrected chi connectivity index (χ3v) is 7.94. The normalized spacial score (nSPS) is 11.9. The van der Waals surface area contributed by atoms with Gasteiger partial charge in [0.25, 0.3) is 10.0 Å². The van der Waals surface area contributed by atoms with E-state index >= 15 is 0 Å². The van der Waals surface area contributed by atoms with Crippen molar-refractivity contribution in [1.29, 1.82) is 0 Å². The second kappa shape index (κ2) is 12.1. The van der Waals surface area contributed by atoms with Gasteiger partial charge in [-0.15, -0.1) is 0 Å². The van der Waals surface area contributed by atoms with Crippen molar-refractivity contribution >= 4 is 39.1 Å². The number of rotatable bonds is 10. The van der Waals surface area contributed by atoms with Crippen LogP contribution in [0.25, 0.3) is 0 Å². The third kappa shape index (κ3) is 6.81. The number of ether oxygens (including phenoxy) is 1. The van der Waals surface area contributed by atoms with Crippen LogP contribution in [-0.4, -0.2) is 51.9 Å². The van der Waals surface area contributed by atoms with Crippen molar-refractivity contribution in [3.05, 3.63) is 88.9 Å². The molecular formula is C27H30ClN3O5S. The smallest absolute Gasteiger partial charge is 0.264 e. The summed E-state index contributed by atoms with van der Waals surface area (Å²) in [4.78, 5) is 27.6. The van der Waals surface area contributed by atoms with Gasteiger partial charge in [-0.1, -0.05) is 35.9 Å². The minimum atomic E-state index is -4.14. The Morgan fingerprint density at radius 3 is 2.24 bits per heavy atom. The van der Waals surface area contributed by atoms with Crippen LogP contribution in [0.2, 0.25) is 5.02 Å². The van der Waals surface area contributed by atoms with Gasteiger partial charge in [0.15, 0.2) is 0 Å². The fraction of sp³-hybridized carbons (Fsp3) is 0.259. The number of nitrogens with one attached hydrogen (secondary N) is 1. The van der Waals surface area contributed by atoms with Crippen LogP contribution >= 0.6 is 11.6 Å². The van der Waals surface area contributed by atoms with Crippen LogP contribution in [0.15, 0.2) is 77.7 Å². The molecule has 0 bridgehead atoms. The lowest BCUT2D eigenvalue weighted by Gasteiger charge is -2.32. The molecule has 0 saturated carbocycles. The first-order chi connectivity index (χ1) is 17.6. The molecule has 2 amide bonds. The average Bonchev–Trinajstić information content (AvgIpc) is 2.89. The molecule has 196 valence electrons. The van der Waals surface area contributed by atoms with E-state index in [0.29, 0.717) is 16.5 Å². The highest BCUT2D eigenvalue weighted by atomic mass is 35.5. The van der Waals surface area contributed by atoms with Gasteiger partial charge >= 0.3 is 0 Å². The van der Waals surface area contributed by atoms with Gasteiger partial charge in [0.2, 0.25) is 11.8 Å². The zero-order chi connectivity index (χ0) is 27.2. The van der Waals surface area contributed by atoms with Crippen molar-refractivity contribution in [1.82, 2.24) is 10.2 Å². The number of sulfonamides is 1. The van der Waals surface area contributed by atoms with Crippen molar-refractivity contribution in [2.75, 3.05) is 25.0 Å². The van der Waals surface area contributed by atoms with Crippen molar-refractivity contribution < 1.29 is 22.7 Å². The first-order valence-electron chi connectivity index (χ1n) is 11.6. The minimum Gasteiger partial charge on any atom is -0.497 e. The molecule has 0 fully saturated rings. The van der Waals surface area contributed by atoms with Crippen LogP contribution < -0.4 is 14.4 Å². The summed E-state index contributed by atoms with van der Waals surface area (Å²) in [7, 11) is -1.10. The van der Waals surface area contributed by atoms with Gasteiger partial charge < -0.3 is 15.0 Å². The van der Waals surface area contributed by atoms with Crippen molar-refractivity contribution in [3.8, 4) is 5.75 Å². The molecule has 3 aromatic rings. The van der Waals surface area contributed by atoms with Gasteiger partial charge in [-0.25, -0.2) is 8.42 Å². The SMILES string of the molecule is CNC(=O)[C@H](C)N(Cc1ccc(OC)cc1)C(=O)CN(c1cccc(C)c1)S(=O)(=O)c1ccc(Cl)cc1. The van der Waals surface area contributed by atoms with E-state index in [1.54, 1.807) is 56.5 Å². The second-order valence-corrected chi connectivity index (χ2v) is 10.8. The summed E-state index contributed by atoms with van der Waals surface area (Å²) in [6.07, 6.45) is 0. The number of methoxy groups -OCH3 is 1. The molecule has 1 atom stereocenters. The van der Waals surface area contributed by atoms with E-state index < -0.39 is 28.5 Å². The van der Waals surface area contributed by atoms with E-state index in [4.69, 9.17) is 16.3 Å². The lowest BCUT2D eigenvalue weighted by atomic mass is 10.1. The number of amides is 2. The molecule has 0 aliphatic heterocycles. The van der Waals surface area contributed by atoms with Gasteiger partial charge in [-0.2, -0.15) is 0 Å². The quantitative estimate of drug-likeness (QED) is 0.417. The van der Waals surface area contributed by atoms with Crippen LogP contribution in [0.1, 0.15) is 18.1 Å². The molecule has 1 N–H and O–H groups in total. The van der Waals surface area contributed by atoms with Crippen molar-refractivity contribution in [2.24, 2.45) is 0 Å². The molecule has 0 aliphatic rings. The predicted molar refractivity (Wildman–Crippen MR) is 144 cm³/mol. The summed E-state index contributed by atoms with van der Waals surface area (Å²) in [5, 5.41) is 2.95. The van der Waals surface area contributed by atoms with Crippen LogP contribution in [0.5, 0.6) is 5.75 Å². The summed E-state index contributed by atoms with van der Waals surface area (Å²) < 4.78 is 33.7. The van der Waals surface area contributed by atoms with E-state index in [2.05, 4.69) is 5.32 Å². The molecule has 0 aliphatic carbocycles. The molecule has 0 radical (unpaired) electrons. The highest BCUT2D eigenvalue weighted by Crippen LogP contribution is 2.26. The minimum absolute atomic E-state index is 0.00717. The number of carbonyl (C=O) groups is 2. The Morgan fingerprint density at radius 2 is 1.68 bits per heavy atom. The molecule has 10 heteroatoms. The summed E-state index contributed by atoms with van der Waals surface area (Å²) in [6, 6.07) is 18.9. The Balaban J connectivity index is 2.01. The number of hydrogen-bond donors (Lipinski definition) is 1. The predicted octanol–water partition coefficient (Wildman–Crippen LogP) is 4.02. The first kappa shape index (κ1) is 28.0. The standard InChI is InChI=1S/C27H30ClN3O5S/c1-19-6-5-7-23(16-19)31(37(34,35)25-14-10-22(28)11-15-25)18-26(32)30(20(2)27(33)29-3)17-21-8-12-24(36-4)13-9-21/h5-16,20H,17-18H2,1-4H3,(H,29,33)/t20-/m0/s1. The van der Waals surface area contributed by atoms with E-state index in [0.717, 1.165) is 15.4 Å². The van der Waals surface area contributed by atoms with Gasteiger partial charge in [0, 0.05) is 18.6 Å². The van der Waals surface area contributed by atoms with Gasteiger partial charge in [-0.05, 0) is 73.5 Å². The highest BCUT2D eigenvalue weighted by molar-refractivity contribution is 7.92. The zero-order valence-corrected chi connectivity index (χ0v) is 22.7. The van der Waals surface area contributed by atoms with Crippen molar-refractivity contribution in [3.63, 3.8) is 0 Å². The average molecular weight is 544 g/mol. The molecule has 0 unspecified atom stereocenters. The molecule has 0 saturated heterocycles. The van der Waals surface area contributed by atoms with E-state index in [1.165, 1.54) is 36.2 Å². The Kier molecular flexibility index (Phi) is 9.18. The lowest BCUT2D eigenvalue weighted by Crippen LogP contribution is -2.50. The molecule has 3 rings (SSSR count). The van der Waals surface area contributed by atoms with Crippen LogP contribution in [-0.2, 0) is 26.2 Å². The first-order valence-corrected chi connectivity index (χ1v) is 13.4. The Labute approximate surface area is 222 Å². The maximum absolute atomic E-state index is 13.7. The van der Waals surface area contributed by atoms with Crippen LogP contribution in [0.4, 0.5) is 5.69 Å². The Morgan fingerprint density at radius 1 is 1.03 bits per heavy atom. The maximum atomic E-state index is 13.7. The molecule has 0 heterocycles.